The second-order valence-corrected chi connectivity index (χ2v) is 5.14. The van der Waals surface area contributed by atoms with Crippen molar-refractivity contribution in [3.8, 4) is 11.5 Å². The Labute approximate surface area is 144 Å². The summed E-state index contributed by atoms with van der Waals surface area (Å²) in [5.74, 6) is 2.57. The Kier molecular flexibility index (Phi) is 10.1. The van der Waals surface area contributed by atoms with Crippen LogP contribution in [0.25, 0.3) is 0 Å². The van der Waals surface area contributed by atoms with Crippen LogP contribution in [0.5, 0.6) is 11.5 Å². The van der Waals surface area contributed by atoms with Gasteiger partial charge in [0.1, 0.15) is 0 Å². The average molecular weight is 348 g/mol. The van der Waals surface area contributed by atoms with E-state index in [1.54, 1.807) is 0 Å². The molecule has 107 valence electrons. The van der Waals surface area contributed by atoms with Crippen molar-refractivity contribution >= 4 is 0 Å². The van der Waals surface area contributed by atoms with Gasteiger partial charge in [0.25, 0.3) is 0 Å². The summed E-state index contributed by atoms with van der Waals surface area (Å²) < 4.78 is 12.9. The van der Waals surface area contributed by atoms with Gasteiger partial charge >= 0.3 is 120 Å². The second kappa shape index (κ2) is 10.3. The minimum Gasteiger partial charge on any atom is -1.00 e. The number of allylic oxidation sites excluding steroid dienone is 3. The fourth-order valence-electron chi connectivity index (χ4n) is 1.68. The molecule has 0 aromatic heterocycles. The molecule has 0 heterocycles. The van der Waals surface area contributed by atoms with Crippen LogP contribution in [0.2, 0.25) is 0 Å². The summed E-state index contributed by atoms with van der Waals surface area (Å²) in [7, 11) is 0. The summed E-state index contributed by atoms with van der Waals surface area (Å²) in [6.07, 6.45) is 7.32. The molecule has 0 saturated heterocycles. The minimum absolute atomic E-state index is 0. The number of hydrogen-bond donors (Lipinski definition) is 0. The van der Waals surface area contributed by atoms with Crippen molar-refractivity contribution in [1.29, 1.82) is 0 Å². The van der Waals surface area contributed by atoms with E-state index in [-0.39, 0.29) is 24.8 Å². The van der Waals surface area contributed by atoms with Crippen molar-refractivity contribution in [2.45, 2.75) is 26.2 Å². The molecule has 0 spiro atoms. The van der Waals surface area contributed by atoms with E-state index in [0.717, 1.165) is 43.1 Å². The van der Waals surface area contributed by atoms with Gasteiger partial charge < -0.3 is 24.8 Å². The van der Waals surface area contributed by atoms with Crippen LogP contribution in [0.4, 0.5) is 0 Å². The maximum Gasteiger partial charge on any atom is -1.00 e. The summed E-state index contributed by atoms with van der Waals surface area (Å²) in [4.78, 5) is 0. The maximum atomic E-state index is 5.92. The molecular weight excluding hydrogens is 331 g/mol. The molecule has 0 aliphatic heterocycles. The largest absolute Gasteiger partial charge is 1.00 e. The smallest absolute Gasteiger partial charge is 1.00 e. The zero-order valence-corrected chi connectivity index (χ0v) is 14.4. The van der Waals surface area contributed by atoms with Crippen LogP contribution in [-0.2, 0) is 20.4 Å². The number of benzene rings is 1. The zero-order chi connectivity index (χ0) is 12.8. The van der Waals surface area contributed by atoms with Gasteiger partial charge in [0, 0.05) is 0 Å². The molecule has 0 radical (unpaired) electrons. The van der Waals surface area contributed by atoms with Crippen molar-refractivity contribution < 1.29 is 54.7 Å². The molecule has 1 aliphatic rings. The zero-order valence-electron chi connectivity index (χ0n) is 11.4. The molecule has 0 atom stereocenters. The number of unbranched alkanes of at least 4 members (excludes halogenated alkanes) is 1. The van der Waals surface area contributed by atoms with Gasteiger partial charge in [0.2, 0.25) is 0 Å². The molecule has 20 heavy (non-hydrogen) atoms. The first-order valence-corrected chi connectivity index (χ1v) is 7.10. The predicted molar refractivity (Wildman–Crippen MR) is 68.3 cm³/mol. The van der Waals surface area contributed by atoms with Crippen LogP contribution >= 0.6 is 0 Å². The van der Waals surface area contributed by atoms with Gasteiger partial charge in [-0.05, 0) is 0 Å². The van der Waals surface area contributed by atoms with Gasteiger partial charge in [-0.1, -0.05) is 0 Å². The van der Waals surface area contributed by atoms with E-state index in [2.05, 4.69) is 33.4 Å². The Morgan fingerprint density at radius 3 is 2.45 bits per heavy atom. The normalized spacial score (nSPS) is 12.8. The van der Waals surface area contributed by atoms with Crippen LogP contribution in [0.3, 0.4) is 0 Å². The molecule has 0 amide bonds. The Hall–Kier alpha value is -0.406. The molecular formula is C15H17Cl2O2Ti. The molecule has 0 bridgehead atoms. The van der Waals surface area contributed by atoms with Crippen LogP contribution < -0.4 is 34.3 Å². The fraction of sp³-hybridized carbons (Fsp3) is 0.333. The fourth-order valence-corrected chi connectivity index (χ4v) is 2.07. The van der Waals surface area contributed by atoms with Crippen molar-refractivity contribution in [2.24, 2.45) is 0 Å². The van der Waals surface area contributed by atoms with Gasteiger partial charge in [-0.2, -0.15) is 0 Å². The summed E-state index contributed by atoms with van der Waals surface area (Å²) >= 11 is 2.09. The monoisotopic (exact) mass is 347 g/mol. The van der Waals surface area contributed by atoms with Gasteiger partial charge in [-0.3, -0.25) is 0 Å². The summed E-state index contributed by atoms with van der Waals surface area (Å²) in [5.41, 5.74) is 0. The number of para-hydroxylation sites is 2. The number of rotatable bonds is 6. The number of halogens is 2. The van der Waals surface area contributed by atoms with E-state index in [9.17, 15) is 0 Å². The van der Waals surface area contributed by atoms with Crippen molar-refractivity contribution in [3.05, 3.63) is 46.1 Å². The third-order valence-corrected chi connectivity index (χ3v) is 3.42. The van der Waals surface area contributed by atoms with Crippen LogP contribution in [0, 0.1) is 0 Å². The van der Waals surface area contributed by atoms with Gasteiger partial charge in [0.15, 0.2) is 0 Å². The van der Waals surface area contributed by atoms with Crippen LogP contribution in [-0.4, -0.2) is 6.61 Å². The summed E-state index contributed by atoms with van der Waals surface area (Å²) in [6.45, 7) is 2.90. The number of ether oxygens (including phenoxy) is 2. The Morgan fingerprint density at radius 1 is 1.15 bits per heavy atom. The standard InChI is InChI=1S/C15H17O2.2ClH.Ti/c1-2-3-12-16-14-10-6-7-11-15(14)17-13-8-4-5-9-13;;;/h4,6-8,10-11H,2-3,5,12H2,1H3;2*1H;/q;;;+2/p-2. The predicted octanol–water partition coefficient (Wildman–Crippen LogP) is -2.03. The summed E-state index contributed by atoms with van der Waals surface area (Å²) in [5, 5.41) is 0. The first-order valence-electron chi connectivity index (χ1n) is 6.32. The molecule has 0 saturated carbocycles. The first kappa shape index (κ1) is 19.6. The topological polar surface area (TPSA) is 18.5 Å². The van der Waals surface area contributed by atoms with Gasteiger partial charge in [-0.25, -0.2) is 0 Å². The summed E-state index contributed by atoms with van der Waals surface area (Å²) in [6, 6.07) is 7.85. The van der Waals surface area contributed by atoms with Crippen LogP contribution in [0.1, 0.15) is 26.2 Å². The molecule has 1 aliphatic carbocycles. The Balaban J connectivity index is 0.00000180. The molecule has 0 fully saturated rings. The van der Waals surface area contributed by atoms with Crippen molar-refractivity contribution in [1.82, 2.24) is 0 Å². The third kappa shape index (κ3) is 5.53. The minimum atomic E-state index is 0. The van der Waals surface area contributed by atoms with Crippen LogP contribution in [0.15, 0.2) is 46.1 Å². The number of hydrogen-bond acceptors (Lipinski definition) is 2. The molecule has 5 heteroatoms. The van der Waals surface area contributed by atoms with E-state index >= 15 is 0 Å². The molecule has 2 nitrogen and oxygen atoms in total. The van der Waals surface area contributed by atoms with E-state index in [4.69, 9.17) is 9.47 Å². The Bertz CT molecular complexity index is 473. The molecule has 0 unspecified atom stereocenters. The molecule has 1 aromatic rings. The van der Waals surface area contributed by atoms with E-state index in [0.29, 0.717) is 0 Å². The van der Waals surface area contributed by atoms with Gasteiger partial charge in [0.05, 0.1) is 0 Å². The van der Waals surface area contributed by atoms with Crippen molar-refractivity contribution in [2.75, 3.05) is 6.61 Å². The first-order chi connectivity index (χ1) is 8.81. The van der Waals surface area contributed by atoms with E-state index in [1.807, 2.05) is 30.3 Å². The third-order valence-electron chi connectivity index (χ3n) is 2.71. The van der Waals surface area contributed by atoms with E-state index in [1.165, 1.54) is 3.88 Å². The average Bonchev–Trinajstić information content (AvgIpc) is 2.78. The van der Waals surface area contributed by atoms with Crippen molar-refractivity contribution in [3.63, 3.8) is 0 Å². The SMILES string of the molecule is CCCCOc1ccccc1OC1=[C]([Ti+2])CC=C1.[Cl-].[Cl-]. The molecule has 1 aromatic carbocycles. The molecule has 2 rings (SSSR count). The Morgan fingerprint density at radius 2 is 1.85 bits per heavy atom. The second-order valence-electron chi connectivity index (χ2n) is 4.20. The maximum absolute atomic E-state index is 5.92. The molecule has 0 N–H and O–H groups in total. The quantitative estimate of drug-likeness (QED) is 0.436. The van der Waals surface area contributed by atoms with Gasteiger partial charge in [-0.15, -0.1) is 0 Å². The van der Waals surface area contributed by atoms with E-state index < -0.39 is 0 Å².